The van der Waals surface area contributed by atoms with Crippen LogP contribution in [0, 0.1) is 0 Å². The molecule has 88 valence electrons. The number of aromatic nitrogens is 1. The Balaban J connectivity index is 2.26. The van der Waals surface area contributed by atoms with Crippen LogP contribution >= 0.6 is 15.9 Å². The second-order valence-electron chi connectivity index (χ2n) is 3.66. The van der Waals surface area contributed by atoms with Gasteiger partial charge < -0.3 is 20.1 Å². The average Bonchev–Trinajstić information content (AvgIpc) is 2.57. The van der Waals surface area contributed by atoms with Gasteiger partial charge in [0.05, 0.1) is 6.61 Å². The van der Waals surface area contributed by atoms with Crippen LogP contribution in [0.4, 0.5) is 0 Å². The molecule has 1 aliphatic heterocycles. The van der Waals surface area contributed by atoms with Gasteiger partial charge in [-0.3, -0.25) is 4.98 Å². The van der Waals surface area contributed by atoms with E-state index in [9.17, 15) is 10.2 Å². The Hall–Kier alpha value is -0.530. The zero-order chi connectivity index (χ0) is 11.7. The molecule has 0 radical (unpaired) electrons. The van der Waals surface area contributed by atoms with Crippen molar-refractivity contribution in [2.75, 3.05) is 6.61 Å². The number of halogens is 1. The van der Waals surface area contributed by atoms with Gasteiger partial charge in [0.2, 0.25) is 0 Å². The minimum absolute atomic E-state index is 0.322. The van der Waals surface area contributed by atoms with Gasteiger partial charge >= 0.3 is 0 Å². The van der Waals surface area contributed by atoms with Gasteiger partial charge in [-0.1, -0.05) is 0 Å². The summed E-state index contributed by atoms with van der Waals surface area (Å²) in [5.74, 6) is 0. The number of aliphatic hydroxyl groups is 3. The van der Waals surface area contributed by atoms with Crippen molar-refractivity contribution in [3.63, 3.8) is 0 Å². The second kappa shape index (κ2) is 4.77. The highest BCUT2D eigenvalue weighted by molar-refractivity contribution is 9.10. The average molecular weight is 290 g/mol. The van der Waals surface area contributed by atoms with Crippen LogP contribution in [-0.2, 0) is 4.74 Å². The maximum atomic E-state index is 9.81. The van der Waals surface area contributed by atoms with E-state index >= 15 is 0 Å². The second-order valence-corrected chi connectivity index (χ2v) is 4.51. The lowest BCUT2D eigenvalue weighted by atomic mass is 10.0. The van der Waals surface area contributed by atoms with Crippen LogP contribution in [0.3, 0.4) is 0 Å². The minimum atomic E-state index is -1.07. The summed E-state index contributed by atoms with van der Waals surface area (Å²) in [5.41, 5.74) is 0.706. The number of rotatable bonds is 2. The lowest BCUT2D eigenvalue weighted by Gasteiger charge is -2.15. The quantitative estimate of drug-likeness (QED) is 0.714. The largest absolute Gasteiger partial charge is 0.394 e. The van der Waals surface area contributed by atoms with Crippen molar-refractivity contribution in [2.45, 2.75) is 24.4 Å². The molecule has 4 atom stereocenters. The molecule has 2 rings (SSSR count). The Labute approximate surface area is 101 Å². The number of ether oxygens (including phenoxy) is 1. The van der Waals surface area contributed by atoms with Crippen molar-refractivity contribution in [1.29, 1.82) is 0 Å². The first kappa shape index (κ1) is 11.9. The standard InChI is InChI=1S/C10H12BrNO4/c11-6-3-12-2-1-5(6)10-9(15)8(14)7(4-13)16-10/h1-3,7-10,13-15H,4H2/t7-,8-,9-,10+/m1/s1. The summed E-state index contributed by atoms with van der Waals surface area (Å²) in [4.78, 5) is 3.90. The van der Waals surface area contributed by atoms with Gasteiger partial charge in [0, 0.05) is 22.4 Å². The first-order valence-electron chi connectivity index (χ1n) is 4.87. The van der Waals surface area contributed by atoms with Crippen LogP contribution in [0.5, 0.6) is 0 Å². The molecule has 1 saturated heterocycles. The zero-order valence-electron chi connectivity index (χ0n) is 8.32. The van der Waals surface area contributed by atoms with Crippen molar-refractivity contribution >= 4 is 15.9 Å². The third-order valence-electron chi connectivity index (χ3n) is 2.65. The predicted molar refractivity (Wildman–Crippen MR) is 58.7 cm³/mol. The third-order valence-corrected chi connectivity index (χ3v) is 3.32. The van der Waals surface area contributed by atoms with Gasteiger partial charge in [0.15, 0.2) is 0 Å². The van der Waals surface area contributed by atoms with E-state index in [-0.39, 0.29) is 6.61 Å². The molecule has 0 unspecified atom stereocenters. The normalized spacial score (nSPS) is 34.2. The number of hydrogen-bond donors (Lipinski definition) is 3. The van der Waals surface area contributed by atoms with E-state index in [0.29, 0.717) is 10.0 Å². The smallest absolute Gasteiger partial charge is 0.113 e. The first-order valence-corrected chi connectivity index (χ1v) is 5.66. The van der Waals surface area contributed by atoms with Crippen LogP contribution in [0.2, 0.25) is 0 Å². The van der Waals surface area contributed by atoms with E-state index < -0.39 is 24.4 Å². The summed E-state index contributed by atoms with van der Waals surface area (Å²) < 4.78 is 6.09. The van der Waals surface area contributed by atoms with Gasteiger partial charge in [0.25, 0.3) is 0 Å². The molecule has 16 heavy (non-hydrogen) atoms. The van der Waals surface area contributed by atoms with Crippen LogP contribution in [0.25, 0.3) is 0 Å². The number of aliphatic hydroxyl groups excluding tert-OH is 3. The summed E-state index contributed by atoms with van der Waals surface area (Å²) in [6.45, 7) is -0.322. The summed E-state index contributed by atoms with van der Waals surface area (Å²) in [6, 6.07) is 1.70. The fraction of sp³-hybridized carbons (Fsp3) is 0.500. The molecule has 1 aromatic rings. The predicted octanol–water partition coefficient (Wildman–Crippen LogP) is -0.00190. The van der Waals surface area contributed by atoms with Crippen LogP contribution in [0.15, 0.2) is 22.9 Å². The van der Waals surface area contributed by atoms with Crippen molar-refractivity contribution in [3.05, 3.63) is 28.5 Å². The summed E-state index contributed by atoms with van der Waals surface area (Å²) in [7, 11) is 0. The molecule has 1 fully saturated rings. The Bertz CT molecular complexity index is 376. The number of nitrogens with zero attached hydrogens (tertiary/aromatic N) is 1. The van der Waals surface area contributed by atoms with Crippen molar-refractivity contribution < 1.29 is 20.1 Å². The lowest BCUT2D eigenvalue weighted by Crippen LogP contribution is -2.32. The molecular formula is C10H12BrNO4. The number of pyridine rings is 1. The molecule has 0 bridgehead atoms. The molecule has 2 heterocycles. The lowest BCUT2D eigenvalue weighted by molar-refractivity contribution is -0.0229. The van der Waals surface area contributed by atoms with E-state index in [2.05, 4.69) is 20.9 Å². The third kappa shape index (κ3) is 1.99. The minimum Gasteiger partial charge on any atom is -0.394 e. The molecule has 1 aliphatic rings. The molecule has 0 saturated carbocycles. The zero-order valence-corrected chi connectivity index (χ0v) is 9.91. The van der Waals surface area contributed by atoms with Crippen LogP contribution in [-0.4, -0.2) is 45.2 Å². The molecule has 6 heteroatoms. The maximum absolute atomic E-state index is 9.81. The topological polar surface area (TPSA) is 82.8 Å². The Morgan fingerprint density at radius 1 is 1.38 bits per heavy atom. The van der Waals surface area contributed by atoms with Gasteiger partial charge in [-0.05, 0) is 22.0 Å². The maximum Gasteiger partial charge on any atom is 0.113 e. The molecule has 5 nitrogen and oxygen atoms in total. The molecular weight excluding hydrogens is 278 g/mol. The van der Waals surface area contributed by atoms with Gasteiger partial charge in [-0.25, -0.2) is 0 Å². The van der Waals surface area contributed by atoms with Crippen molar-refractivity contribution in [1.82, 2.24) is 4.98 Å². The monoisotopic (exact) mass is 289 g/mol. The van der Waals surface area contributed by atoms with E-state index in [1.165, 1.54) is 0 Å². The Morgan fingerprint density at radius 3 is 2.69 bits per heavy atom. The van der Waals surface area contributed by atoms with Crippen molar-refractivity contribution in [2.24, 2.45) is 0 Å². The Morgan fingerprint density at radius 2 is 2.12 bits per heavy atom. The van der Waals surface area contributed by atoms with Gasteiger partial charge in [-0.15, -0.1) is 0 Å². The van der Waals surface area contributed by atoms with Crippen LogP contribution < -0.4 is 0 Å². The Kier molecular flexibility index (Phi) is 3.56. The van der Waals surface area contributed by atoms with Gasteiger partial charge in [0.1, 0.15) is 24.4 Å². The molecule has 0 aromatic carbocycles. The number of hydrogen-bond acceptors (Lipinski definition) is 5. The fourth-order valence-corrected chi connectivity index (χ4v) is 2.25. The van der Waals surface area contributed by atoms with Gasteiger partial charge in [-0.2, -0.15) is 0 Å². The highest BCUT2D eigenvalue weighted by Gasteiger charge is 2.43. The summed E-state index contributed by atoms with van der Waals surface area (Å²) in [6.07, 6.45) is -0.352. The fourth-order valence-electron chi connectivity index (χ4n) is 1.77. The summed E-state index contributed by atoms with van der Waals surface area (Å²) >= 11 is 3.30. The van der Waals surface area contributed by atoms with Crippen LogP contribution in [0.1, 0.15) is 11.7 Å². The van der Waals surface area contributed by atoms with E-state index in [1.807, 2.05) is 0 Å². The van der Waals surface area contributed by atoms with Crippen molar-refractivity contribution in [3.8, 4) is 0 Å². The molecule has 0 aliphatic carbocycles. The molecule has 1 aromatic heterocycles. The SMILES string of the molecule is OC[C@H]1O[C@@H](c2ccncc2Br)[C@H](O)[C@@H]1O. The van der Waals surface area contributed by atoms with E-state index in [0.717, 1.165) is 0 Å². The highest BCUT2D eigenvalue weighted by Crippen LogP contribution is 2.36. The summed E-state index contributed by atoms with van der Waals surface area (Å²) in [5, 5.41) is 28.4. The first-order chi connectivity index (χ1) is 7.65. The van der Waals surface area contributed by atoms with E-state index in [4.69, 9.17) is 9.84 Å². The highest BCUT2D eigenvalue weighted by atomic mass is 79.9. The molecule has 0 spiro atoms. The van der Waals surface area contributed by atoms with E-state index in [1.54, 1.807) is 18.5 Å². The molecule has 3 N–H and O–H groups in total. The molecule has 0 amide bonds.